The molecular formula is C23H23F2N5O3S. The molecule has 0 bridgehead atoms. The van der Waals surface area contributed by atoms with Crippen LogP contribution in [0.5, 0.6) is 11.5 Å². The topological polar surface area (TPSA) is 98.5 Å². The molecule has 0 atom stereocenters. The Hall–Kier alpha value is -3.60. The van der Waals surface area contributed by atoms with Gasteiger partial charge >= 0.3 is 0 Å². The first-order valence-electron chi connectivity index (χ1n) is 10.6. The Bertz CT molecular complexity index is 1470. The van der Waals surface area contributed by atoms with Crippen LogP contribution in [0.3, 0.4) is 0 Å². The predicted octanol–water partition coefficient (Wildman–Crippen LogP) is 4.54. The lowest BCUT2D eigenvalue weighted by atomic mass is 10.1. The number of hydrogen-bond donors (Lipinski definition) is 1. The van der Waals surface area contributed by atoms with Crippen molar-refractivity contribution in [3.63, 3.8) is 0 Å². The van der Waals surface area contributed by atoms with Crippen LogP contribution in [-0.2, 0) is 15.6 Å². The SMILES string of the molecule is CCNc1cc(-c2cc(CS(=O)(=O)CC)ccc2Oc2ccc(F)cc2F)nn2c(C)nnc12. The van der Waals surface area contributed by atoms with Gasteiger partial charge in [-0.2, -0.15) is 9.61 Å². The quantitative estimate of drug-likeness (QED) is 0.390. The molecule has 11 heteroatoms. The van der Waals surface area contributed by atoms with Crippen molar-refractivity contribution in [3.8, 4) is 22.8 Å². The third-order valence-corrected chi connectivity index (χ3v) is 6.81. The third kappa shape index (κ3) is 4.84. The molecule has 34 heavy (non-hydrogen) atoms. The van der Waals surface area contributed by atoms with Crippen molar-refractivity contribution in [2.75, 3.05) is 17.6 Å². The molecule has 4 aromatic rings. The molecule has 0 spiro atoms. The van der Waals surface area contributed by atoms with Gasteiger partial charge in [-0.25, -0.2) is 17.2 Å². The summed E-state index contributed by atoms with van der Waals surface area (Å²) in [6.45, 7) is 5.88. The minimum Gasteiger partial charge on any atom is -0.454 e. The standard InChI is InChI=1S/C23H23F2N5O3S/c1-4-26-20-12-19(29-30-14(3)27-28-23(20)30)17-10-15(13-34(31,32)5-2)6-8-21(17)33-22-9-7-16(24)11-18(22)25/h6-12,26H,4-5,13H2,1-3H3. The molecule has 2 aromatic carbocycles. The number of nitrogens with zero attached hydrogens (tertiary/aromatic N) is 4. The molecule has 0 fully saturated rings. The summed E-state index contributed by atoms with van der Waals surface area (Å²) in [6, 6.07) is 9.55. The van der Waals surface area contributed by atoms with E-state index in [9.17, 15) is 17.2 Å². The summed E-state index contributed by atoms with van der Waals surface area (Å²) < 4.78 is 59.5. The highest BCUT2D eigenvalue weighted by Crippen LogP contribution is 2.36. The number of rotatable bonds is 8. The molecule has 0 aliphatic rings. The lowest BCUT2D eigenvalue weighted by molar-refractivity contribution is 0.438. The highest BCUT2D eigenvalue weighted by atomic mass is 32.2. The molecule has 0 aliphatic carbocycles. The van der Waals surface area contributed by atoms with E-state index < -0.39 is 21.5 Å². The molecule has 1 N–H and O–H groups in total. The summed E-state index contributed by atoms with van der Waals surface area (Å²) >= 11 is 0. The Morgan fingerprint density at radius 2 is 1.79 bits per heavy atom. The molecule has 8 nitrogen and oxygen atoms in total. The Labute approximate surface area is 195 Å². The number of fused-ring (bicyclic) bond motifs is 1. The van der Waals surface area contributed by atoms with Crippen LogP contribution in [0.4, 0.5) is 14.5 Å². The number of benzene rings is 2. The largest absolute Gasteiger partial charge is 0.454 e. The molecule has 0 unspecified atom stereocenters. The van der Waals surface area contributed by atoms with Crippen LogP contribution in [0, 0.1) is 18.6 Å². The Morgan fingerprint density at radius 3 is 2.50 bits per heavy atom. The summed E-state index contributed by atoms with van der Waals surface area (Å²) in [4.78, 5) is 0. The van der Waals surface area contributed by atoms with Gasteiger partial charge in [0.25, 0.3) is 0 Å². The van der Waals surface area contributed by atoms with Gasteiger partial charge in [0, 0.05) is 23.9 Å². The zero-order valence-corrected chi connectivity index (χ0v) is 19.7. The average Bonchev–Trinajstić information content (AvgIpc) is 3.17. The lowest BCUT2D eigenvalue weighted by Gasteiger charge is -2.15. The molecule has 0 saturated carbocycles. The Balaban J connectivity index is 1.89. The number of sulfone groups is 1. The fourth-order valence-electron chi connectivity index (χ4n) is 3.42. The Kier molecular flexibility index (Phi) is 6.47. The van der Waals surface area contributed by atoms with Gasteiger partial charge in [0.1, 0.15) is 11.6 Å². The van der Waals surface area contributed by atoms with Crippen molar-refractivity contribution in [3.05, 3.63) is 65.5 Å². The third-order valence-electron chi connectivity index (χ3n) is 5.15. The van der Waals surface area contributed by atoms with E-state index in [2.05, 4.69) is 20.6 Å². The van der Waals surface area contributed by atoms with Crippen molar-refractivity contribution in [1.29, 1.82) is 0 Å². The van der Waals surface area contributed by atoms with Gasteiger partial charge < -0.3 is 10.1 Å². The van der Waals surface area contributed by atoms with Crippen molar-refractivity contribution in [2.45, 2.75) is 26.5 Å². The second kappa shape index (κ2) is 9.34. The van der Waals surface area contributed by atoms with Gasteiger partial charge in [-0.1, -0.05) is 13.0 Å². The number of anilines is 1. The molecule has 0 saturated heterocycles. The van der Waals surface area contributed by atoms with Gasteiger partial charge in [-0.3, -0.25) is 0 Å². The first-order chi connectivity index (χ1) is 16.2. The Morgan fingerprint density at radius 1 is 1.03 bits per heavy atom. The molecule has 4 rings (SSSR count). The monoisotopic (exact) mass is 487 g/mol. The highest BCUT2D eigenvalue weighted by Gasteiger charge is 2.19. The van der Waals surface area contributed by atoms with Crippen LogP contribution in [0.2, 0.25) is 0 Å². The van der Waals surface area contributed by atoms with Crippen LogP contribution < -0.4 is 10.1 Å². The second-order valence-electron chi connectivity index (χ2n) is 7.64. The number of aromatic nitrogens is 4. The zero-order valence-electron chi connectivity index (χ0n) is 18.8. The molecule has 0 aliphatic heterocycles. The number of hydrogen-bond acceptors (Lipinski definition) is 7. The summed E-state index contributed by atoms with van der Waals surface area (Å²) in [5.74, 6) is -1.17. The van der Waals surface area contributed by atoms with Gasteiger partial charge in [0.05, 0.1) is 17.1 Å². The fourth-order valence-corrected chi connectivity index (χ4v) is 4.32. The van der Waals surface area contributed by atoms with Crippen LogP contribution in [0.15, 0.2) is 42.5 Å². The maximum absolute atomic E-state index is 14.3. The molecular weight excluding hydrogens is 464 g/mol. The number of ether oxygens (including phenoxy) is 1. The fraction of sp³-hybridized carbons (Fsp3) is 0.261. The molecule has 2 aromatic heterocycles. The number of nitrogens with one attached hydrogen (secondary N) is 1. The van der Waals surface area contributed by atoms with Crippen LogP contribution in [0.25, 0.3) is 16.9 Å². The maximum atomic E-state index is 14.3. The van der Waals surface area contributed by atoms with Crippen molar-refractivity contribution in [1.82, 2.24) is 19.8 Å². The van der Waals surface area contributed by atoms with E-state index in [0.29, 0.717) is 40.5 Å². The minimum atomic E-state index is -3.30. The number of aryl methyl sites for hydroxylation is 1. The first kappa shape index (κ1) is 23.6. The van der Waals surface area contributed by atoms with E-state index in [0.717, 1.165) is 12.1 Å². The van der Waals surface area contributed by atoms with Crippen LogP contribution in [0.1, 0.15) is 25.2 Å². The average molecular weight is 488 g/mol. The summed E-state index contributed by atoms with van der Waals surface area (Å²) in [7, 11) is -3.30. The maximum Gasteiger partial charge on any atom is 0.200 e. The second-order valence-corrected chi connectivity index (χ2v) is 9.99. The van der Waals surface area contributed by atoms with Gasteiger partial charge in [0.15, 0.2) is 27.2 Å². The summed E-state index contributed by atoms with van der Waals surface area (Å²) in [6.07, 6.45) is 0. The first-order valence-corrected chi connectivity index (χ1v) is 12.5. The van der Waals surface area contributed by atoms with E-state index in [1.54, 1.807) is 42.6 Å². The summed E-state index contributed by atoms with van der Waals surface area (Å²) in [5, 5.41) is 16.1. The minimum absolute atomic E-state index is 0.00392. The van der Waals surface area contributed by atoms with E-state index in [1.165, 1.54) is 6.07 Å². The van der Waals surface area contributed by atoms with Crippen LogP contribution >= 0.6 is 0 Å². The predicted molar refractivity (Wildman–Crippen MR) is 125 cm³/mol. The molecule has 178 valence electrons. The van der Waals surface area contributed by atoms with Gasteiger partial charge in [-0.05, 0) is 49.7 Å². The normalized spacial score (nSPS) is 11.7. The molecule has 2 heterocycles. The van der Waals surface area contributed by atoms with E-state index in [4.69, 9.17) is 4.74 Å². The van der Waals surface area contributed by atoms with Crippen molar-refractivity contribution >= 4 is 21.2 Å². The smallest absolute Gasteiger partial charge is 0.200 e. The van der Waals surface area contributed by atoms with E-state index in [-0.39, 0.29) is 23.0 Å². The molecule has 0 amide bonds. The van der Waals surface area contributed by atoms with Crippen molar-refractivity contribution < 1.29 is 21.9 Å². The highest BCUT2D eigenvalue weighted by molar-refractivity contribution is 7.90. The molecule has 0 radical (unpaired) electrons. The van der Waals surface area contributed by atoms with Crippen LogP contribution in [-0.4, -0.2) is 40.5 Å². The van der Waals surface area contributed by atoms with E-state index in [1.807, 2.05) is 6.92 Å². The van der Waals surface area contributed by atoms with Gasteiger partial charge in [0.2, 0.25) is 5.65 Å². The van der Waals surface area contributed by atoms with E-state index >= 15 is 0 Å². The lowest BCUT2D eigenvalue weighted by Crippen LogP contribution is -2.07. The number of halogens is 2. The van der Waals surface area contributed by atoms with Crippen molar-refractivity contribution in [2.24, 2.45) is 0 Å². The zero-order chi connectivity index (χ0) is 24.5. The van der Waals surface area contributed by atoms with Gasteiger partial charge in [-0.15, -0.1) is 10.2 Å². The summed E-state index contributed by atoms with van der Waals surface area (Å²) in [5.41, 5.74) is 2.58.